The molecule has 0 fully saturated rings. The summed E-state index contributed by atoms with van der Waals surface area (Å²) in [4.78, 5) is 25.7. The van der Waals surface area contributed by atoms with Crippen LogP contribution in [0.25, 0.3) is 0 Å². The summed E-state index contributed by atoms with van der Waals surface area (Å²) in [5, 5.41) is 9.28. The van der Waals surface area contributed by atoms with Gasteiger partial charge in [-0.3, -0.25) is 9.79 Å². The monoisotopic (exact) mass is 240 g/mol. The first-order chi connectivity index (χ1) is 7.88. The lowest BCUT2D eigenvalue weighted by molar-refractivity contribution is -0.138. The largest absolute Gasteiger partial charge is 0.512 e. The van der Waals surface area contributed by atoms with Crippen molar-refractivity contribution < 1.29 is 19.4 Å². The number of hydrogen-bond donors (Lipinski definition) is 2. The molecule has 0 bridgehead atoms. The zero-order valence-electron chi connectivity index (χ0n) is 10.1. The number of nitrogens with two attached hydrogens (primary N) is 1. The Balaban J connectivity index is 4.93. The molecule has 0 unspecified atom stereocenters. The van der Waals surface area contributed by atoms with E-state index in [2.05, 4.69) is 4.99 Å². The fraction of sp³-hybridized carbons (Fsp3) is 0.364. The number of aliphatic hydroxyl groups excluding tert-OH is 1. The molecule has 6 nitrogen and oxygen atoms in total. The number of rotatable bonds is 5. The van der Waals surface area contributed by atoms with Crippen molar-refractivity contribution >= 4 is 18.1 Å². The van der Waals surface area contributed by atoms with E-state index in [9.17, 15) is 14.7 Å². The lowest BCUT2D eigenvalue weighted by Gasteiger charge is -2.02. The number of ether oxygens (including phenoxy) is 1. The number of esters is 1. The number of hydrogen-bond acceptors (Lipinski definition) is 5. The minimum absolute atomic E-state index is 0.0657. The standard InChI is InChI=1S/C11H16N2O4/c1-4-17-11(16)9(8(3)14)6-13-7(2)5-10(12)15/h5-6,14H,4H2,1-3H3,(H2,12,15)/b7-5-,9-8+,13-6+. The van der Waals surface area contributed by atoms with Crippen LogP contribution in [0.3, 0.4) is 0 Å². The van der Waals surface area contributed by atoms with Gasteiger partial charge in [0.2, 0.25) is 5.91 Å². The summed E-state index contributed by atoms with van der Waals surface area (Å²) >= 11 is 0. The van der Waals surface area contributed by atoms with Crippen LogP contribution in [0.4, 0.5) is 0 Å². The maximum atomic E-state index is 11.4. The Labute approximate surface area is 99.5 Å². The van der Waals surface area contributed by atoms with Crippen LogP contribution < -0.4 is 5.73 Å². The van der Waals surface area contributed by atoms with Gasteiger partial charge in [0.1, 0.15) is 11.3 Å². The smallest absolute Gasteiger partial charge is 0.343 e. The maximum Gasteiger partial charge on any atom is 0.343 e. The van der Waals surface area contributed by atoms with Crippen LogP contribution in [0.1, 0.15) is 20.8 Å². The molecule has 1 amide bonds. The third-order valence-corrected chi connectivity index (χ3v) is 1.63. The van der Waals surface area contributed by atoms with Crippen LogP contribution in [0, 0.1) is 0 Å². The van der Waals surface area contributed by atoms with Crippen molar-refractivity contribution in [3.8, 4) is 0 Å². The lowest BCUT2D eigenvalue weighted by Crippen LogP contribution is -2.11. The van der Waals surface area contributed by atoms with Gasteiger partial charge < -0.3 is 15.6 Å². The van der Waals surface area contributed by atoms with Gasteiger partial charge in [0.05, 0.1) is 6.61 Å². The first-order valence-corrected chi connectivity index (χ1v) is 4.97. The third-order valence-electron chi connectivity index (χ3n) is 1.63. The van der Waals surface area contributed by atoms with E-state index in [0.29, 0.717) is 5.70 Å². The molecule has 0 saturated heterocycles. The molecular formula is C11H16N2O4. The molecule has 0 aromatic rings. The molecule has 17 heavy (non-hydrogen) atoms. The van der Waals surface area contributed by atoms with Gasteiger partial charge in [-0.25, -0.2) is 4.79 Å². The number of amides is 1. The second-order valence-electron chi connectivity index (χ2n) is 3.17. The predicted octanol–water partition coefficient (Wildman–Crippen LogP) is 0.841. The Morgan fingerprint density at radius 3 is 2.41 bits per heavy atom. The molecule has 0 aliphatic heterocycles. The summed E-state index contributed by atoms with van der Waals surface area (Å²) in [7, 11) is 0. The Kier molecular flexibility index (Phi) is 6.32. The van der Waals surface area contributed by atoms with Crippen molar-refractivity contribution in [3.63, 3.8) is 0 Å². The van der Waals surface area contributed by atoms with Gasteiger partial charge in [0.25, 0.3) is 0 Å². The molecule has 0 aliphatic carbocycles. The highest BCUT2D eigenvalue weighted by molar-refractivity contribution is 6.10. The molecule has 0 heterocycles. The molecule has 0 radical (unpaired) electrons. The number of aliphatic imine (C=N–C) groups is 1. The normalized spacial score (nSPS) is 13.5. The molecule has 0 atom stereocenters. The average Bonchev–Trinajstić information content (AvgIpc) is 2.16. The van der Waals surface area contributed by atoms with E-state index in [0.717, 1.165) is 12.3 Å². The number of nitrogens with zero attached hydrogens (tertiary/aromatic N) is 1. The molecule has 0 aromatic heterocycles. The van der Waals surface area contributed by atoms with Crippen molar-refractivity contribution in [1.82, 2.24) is 0 Å². The summed E-state index contributed by atoms with van der Waals surface area (Å²) in [5.41, 5.74) is 5.18. The Hall–Kier alpha value is -2.11. The van der Waals surface area contributed by atoms with E-state index in [4.69, 9.17) is 10.5 Å². The predicted molar refractivity (Wildman–Crippen MR) is 63.4 cm³/mol. The topological polar surface area (TPSA) is 102 Å². The third kappa shape index (κ3) is 6.14. The van der Waals surface area contributed by atoms with Gasteiger partial charge in [-0.1, -0.05) is 0 Å². The summed E-state index contributed by atoms with van der Waals surface area (Å²) < 4.78 is 4.72. The molecule has 6 heteroatoms. The number of primary amides is 1. The van der Waals surface area contributed by atoms with Gasteiger partial charge in [-0.15, -0.1) is 0 Å². The first kappa shape index (κ1) is 14.9. The molecule has 0 aromatic carbocycles. The van der Waals surface area contributed by atoms with Gasteiger partial charge in [0.15, 0.2) is 0 Å². The quantitative estimate of drug-likeness (QED) is 0.321. The number of carbonyl (C=O) groups is 2. The summed E-state index contributed by atoms with van der Waals surface area (Å²) in [6.45, 7) is 4.72. The van der Waals surface area contributed by atoms with Crippen molar-refractivity contribution in [2.45, 2.75) is 20.8 Å². The minimum Gasteiger partial charge on any atom is -0.512 e. The summed E-state index contributed by atoms with van der Waals surface area (Å²) in [6, 6.07) is 0. The first-order valence-electron chi connectivity index (χ1n) is 4.97. The molecular weight excluding hydrogens is 224 g/mol. The Bertz CT molecular complexity index is 390. The summed E-state index contributed by atoms with van der Waals surface area (Å²) in [5.74, 6) is -1.52. The zero-order chi connectivity index (χ0) is 13.4. The van der Waals surface area contributed by atoms with E-state index in [-0.39, 0.29) is 17.9 Å². The maximum absolute atomic E-state index is 11.4. The van der Waals surface area contributed by atoms with Crippen molar-refractivity contribution in [2.75, 3.05) is 6.61 Å². The molecule has 0 spiro atoms. The lowest BCUT2D eigenvalue weighted by atomic mass is 10.2. The molecule has 94 valence electrons. The van der Waals surface area contributed by atoms with Gasteiger partial charge in [0, 0.05) is 18.0 Å². The van der Waals surface area contributed by atoms with Crippen molar-refractivity contribution in [1.29, 1.82) is 0 Å². The highest BCUT2D eigenvalue weighted by atomic mass is 16.5. The van der Waals surface area contributed by atoms with Crippen LogP contribution in [-0.4, -0.2) is 29.8 Å². The van der Waals surface area contributed by atoms with E-state index >= 15 is 0 Å². The van der Waals surface area contributed by atoms with E-state index in [1.54, 1.807) is 6.92 Å². The van der Waals surface area contributed by atoms with Gasteiger partial charge in [-0.05, 0) is 20.8 Å². The molecule has 3 N–H and O–H groups in total. The Morgan fingerprint density at radius 1 is 1.41 bits per heavy atom. The molecule has 0 saturated carbocycles. The van der Waals surface area contributed by atoms with Gasteiger partial charge in [-0.2, -0.15) is 0 Å². The van der Waals surface area contributed by atoms with Crippen molar-refractivity contribution in [3.05, 3.63) is 23.1 Å². The number of allylic oxidation sites excluding steroid dienone is 2. The molecule has 0 rings (SSSR count). The van der Waals surface area contributed by atoms with E-state index in [1.165, 1.54) is 13.8 Å². The van der Waals surface area contributed by atoms with Crippen LogP contribution in [-0.2, 0) is 14.3 Å². The molecule has 0 aliphatic rings. The fourth-order valence-corrected chi connectivity index (χ4v) is 0.912. The van der Waals surface area contributed by atoms with Crippen LogP contribution in [0.5, 0.6) is 0 Å². The second kappa shape index (κ2) is 7.21. The van der Waals surface area contributed by atoms with Crippen molar-refractivity contribution in [2.24, 2.45) is 10.7 Å². The Morgan fingerprint density at radius 2 is 2.00 bits per heavy atom. The van der Waals surface area contributed by atoms with Crippen LogP contribution in [0.15, 0.2) is 28.1 Å². The van der Waals surface area contributed by atoms with E-state index < -0.39 is 11.9 Å². The highest BCUT2D eigenvalue weighted by Crippen LogP contribution is 2.03. The van der Waals surface area contributed by atoms with Crippen LogP contribution in [0.2, 0.25) is 0 Å². The van der Waals surface area contributed by atoms with Gasteiger partial charge >= 0.3 is 5.97 Å². The van der Waals surface area contributed by atoms with Crippen LogP contribution >= 0.6 is 0 Å². The summed E-state index contributed by atoms with van der Waals surface area (Å²) in [6.07, 6.45) is 2.23. The number of carbonyl (C=O) groups excluding carboxylic acids is 2. The number of aliphatic hydroxyl groups is 1. The van der Waals surface area contributed by atoms with E-state index in [1.807, 2.05) is 0 Å². The second-order valence-corrected chi connectivity index (χ2v) is 3.17. The zero-order valence-corrected chi connectivity index (χ0v) is 10.1. The SMILES string of the molecule is CCOC(=O)C(/C=N/C(C)=C\C(N)=O)=C(\C)O. The highest BCUT2D eigenvalue weighted by Gasteiger charge is 2.11. The fourth-order valence-electron chi connectivity index (χ4n) is 0.912. The minimum atomic E-state index is -0.678. The average molecular weight is 240 g/mol.